The minimum Gasteiger partial charge on any atom is -0.291 e. The Morgan fingerprint density at radius 3 is 2.95 bits per heavy atom. The van der Waals surface area contributed by atoms with Gasteiger partial charge in [-0.15, -0.1) is 0 Å². The van der Waals surface area contributed by atoms with Crippen LogP contribution in [0.5, 0.6) is 0 Å². The van der Waals surface area contributed by atoms with Crippen molar-refractivity contribution in [2.75, 3.05) is 5.43 Å². The van der Waals surface area contributed by atoms with Crippen molar-refractivity contribution in [2.24, 2.45) is 5.10 Å². The number of hydrogen-bond acceptors (Lipinski definition) is 5. The van der Waals surface area contributed by atoms with Crippen LogP contribution in [0.25, 0.3) is 0 Å². The molecule has 2 aromatic rings. The van der Waals surface area contributed by atoms with Crippen molar-refractivity contribution in [3.63, 3.8) is 0 Å². The van der Waals surface area contributed by atoms with Gasteiger partial charge in [0.15, 0.2) is 0 Å². The summed E-state index contributed by atoms with van der Waals surface area (Å²) in [4.78, 5) is 22.2. The standard InChI is InChI=1S/C13H15N5O/c1-2-3-11-8-12(19)17-13(16-11)18-15-9-10-4-6-14-7-5-10/h4-9H,2-3H2,1H3,(H2,16,17,18,19)/b15-9+. The first kappa shape index (κ1) is 12.9. The number of anilines is 1. The molecule has 0 bridgehead atoms. The van der Waals surface area contributed by atoms with Crippen molar-refractivity contribution in [1.29, 1.82) is 0 Å². The molecule has 0 aromatic carbocycles. The largest absolute Gasteiger partial charge is 0.291 e. The van der Waals surface area contributed by atoms with E-state index in [0.29, 0.717) is 5.95 Å². The highest BCUT2D eigenvalue weighted by Crippen LogP contribution is 2.00. The highest BCUT2D eigenvalue weighted by molar-refractivity contribution is 5.79. The van der Waals surface area contributed by atoms with Crippen molar-refractivity contribution in [3.05, 3.63) is 52.2 Å². The fraction of sp³-hybridized carbons (Fsp3) is 0.231. The van der Waals surface area contributed by atoms with E-state index in [-0.39, 0.29) is 5.56 Å². The second-order valence-corrected chi connectivity index (χ2v) is 3.99. The van der Waals surface area contributed by atoms with Crippen LogP contribution in [-0.4, -0.2) is 21.2 Å². The molecule has 0 spiro atoms. The first-order chi connectivity index (χ1) is 9.28. The van der Waals surface area contributed by atoms with Crippen molar-refractivity contribution < 1.29 is 0 Å². The zero-order valence-corrected chi connectivity index (χ0v) is 10.6. The summed E-state index contributed by atoms with van der Waals surface area (Å²) in [6, 6.07) is 5.16. The topological polar surface area (TPSA) is 83.0 Å². The van der Waals surface area contributed by atoms with Crippen LogP contribution in [0.4, 0.5) is 5.95 Å². The maximum atomic E-state index is 11.4. The molecule has 0 unspecified atom stereocenters. The predicted molar refractivity (Wildman–Crippen MR) is 74.3 cm³/mol. The zero-order valence-electron chi connectivity index (χ0n) is 10.6. The Morgan fingerprint density at radius 2 is 2.21 bits per heavy atom. The summed E-state index contributed by atoms with van der Waals surface area (Å²) >= 11 is 0. The molecule has 0 fully saturated rings. The third-order valence-electron chi connectivity index (χ3n) is 2.39. The number of aromatic nitrogens is 3. The Morgan fingerprint density at radius 1 is 1.42 bits per heavy atom. The van der Waals surface area contributed by atoms with E-state index in [9.17, 15) is 4.79 Å². The monoisotopic (exact) mass is 257 g/mol. The van der Waals surface area contributed by atoms with Crippen LogP contribution < -0.4 is 11.0 Å². The minimum atomic E-state index is -0.180. The number of rotatable bonds is 5. The molecule has 2 aromatic heterocycles. The van der Waals surface area contributed by atoms with Crippen LogP contribution in [0.2, 0.25) is 0 Å². The Kier molecular flexibility index (Phi) is 4.39. The van der Waals surface area contributed by atoms with Crippen LogP contribution in [0.3, 0.4) is 0 Å². The molecule has 98 valence electrons. The summed E-state index contributed by atoms with van der Waals surface area (Å²) in [6.07, 6.45) is 6.71. The van der Waals surface area contributed by atoms with Gasteiger partial charge in [0.25, 0.3) is 5.56 Å². The number of nitrogens with one attached hydrogen (secondary N) is 2. The third-order valence-corrected chi connectivity index (χ3v) is 2.39. The van der Waals surface area contributed by atoms with Crippen LogP contribution in [0.15, 0.2) is 40.5 Å². The lowest BCUT2D eigenvalue weighted by Crippen LogP contribution is -2.11. The molecule has 2 rings (SSSR count). The van der Waals surface area contributed by atoms with Gasteiger partial charge in [-0.2, -0.15) is 5.10 Å². The smallest absolute Gasteiger partial charge is 0.252 e. The van der Waals surface area contributed by atoms with Crippen LogP contribution >= 0.6 is 0 Å². The molecule has 6 heteroatoms. The van der Waals surface area contributed by atoms with E-state index in [1.54, 1.807) is 18.6 Å². The lowest BCUT2D eigenvalue weighted by molar-refractivity contribution is 0.867. The quantitative estimate of drug-likeness (QED) is 0.629. The maximum absolute atomic E-state index is 11.4. The minimum absolute atomic E-state index is 0.180. The molecule has 0 aliphatic rings. The number of nitrogens with zero attached hydrogens (tertiary/aromatic N) is 3. The Bertz CT molecular complexity index is 606. The van der Waals surface area contributed by atoms with Crippen LogP contribution in [0.1, 0.15) is 24.6 Å². The molecule has 0 saturated carbocycles. The van der Waals surface area contributed by atoms with Gasteiger partial charge in [-0.1, -0.05) is 13.3 Å². The van der Waals surface area contributed by atoms with E-state index in [4.69, 9.17) is 0 Å². The molecule has 2 N–H and O–H groups in total. The molecular weight excluding hydrogens is 242 g/mol. The normalized spacial score (nSPS) is 10.8. The molecule has 0 aliphatic heterocycles. The number of H-pyrrole nitrogens is 1. The van der Waals surface area contributed by atoms with Gasteiger partial charge in [0, 0.05) is 24.2 Å². The molecule has 0 saturated heterocycles. The Hall–Kier alpha value is -2.50. The van der Waals surface area contributed by atoms with Gasteiger partial charge < -0.3 is 0 Å². The molecule has 19 heavy (non-hydrogen) atoms. The SMILES string of the molecule is CCCc1cc(=O)[nH]c(N/N=C/c2ccncc2)n1. The van der Waals surface area contributed by atoms with E-state index >= 15 is 0 Å². The van der Waals surface area contributed by atoms with Gasteiger partial charge in [-0.05, 0) is 24.1 Å². The molecule has 0 radical (unpaired) electrons. The van der Waals surface area contributed by atoms with Gasteiger partial charge in [-0.25, -0.2) is 10.4 Å². The number of pyridine rings is 1. The van der Waals surface area contributed by atoms with Gasteiger partial charge in [-0.3, -0.25) is 14.8 Å². The second kappa shape index (κ2) is 6.44. The van der Waals surface area contributed by atoms with Crippen LogP contribution in [-0.2, 0) is 6.42 Å². The Balaban J connectivity index is 2.07. The van der Waals surface area contributed by atoms with Crippen molar-refractivity contribution in [3.8, 4) is 0 Å². The average molecular weight is 257 g/mol. The van der Waals surface area contributed by atoms with Crippen molar-refractivity contribution in [2.45, 2.75) is 19.8 Å². The van der Waals surface area contributed by atoms with E-state index in [1.165, 1.54) is 6.07 Å². The van der Waals surface area contributed by atoms with Crippen molar-refractivity contribution in [1.82, 2.24) is 15.0 Å². The number of aryl methyl sites for hydroxylation is 1. The summed E-state index contributed by atoms with van der Waals surface area (Å²) in [5, 5.41) is 4.02. The summed E-state index contributed by atoms with van der Waals surface area (Å²) < 4.78 is 0. The summed E-state index contributed by atoms with van der Waals surface area (Å²) in [5.41, 5.74) is 4.20. The number of hydrogen-bond donors (Lipinski definition) is 2. The summed E-state index contributed by atoms with van der Waals surface area (Å²) in [5.74, 6) is 0.348. The highest BCUT2D eigenvalue weighted by Gasteiger charge is 1.99. The molecule has 2 heterocycles. The zero-order chi connectivity index (χ0) is 13.5. The van der Waals surface area contributed by atoms with E-state index < -0.39 is 0 Å². The molecule has 0 amide bonds. The molecule has 0 atom stereocenters. The maximum Gasteiger partial charge on any atom is 0.252 e. The third kappa shape index (κ3) is 4.02. The summed E-state index contributed by atoms with van der Waals surface area (Å²) in [6.45, 7) is 2.04. The van der Waals surface area contributed by atoms with Gasteiger partial charge in [0.05, 0.1) is 6.21 Å². The number of aromatic amines is 1. The van der Waals surface area contributed by atoms with Gasteiger partial charge in [0.1, 0.15) is 0 Å². The van der Waals surface area contributed by atoms with E-state index in [1.807, 2.05) is 19.1 Å². The Labute approximate surface area is 110 Å². The predicted octanol–water partition coefficient (Wildman–Crippen LogP) is 1.56. The molecule has 0 aliphatic carbocycles. The van der Waals surface area contributed by atoms with Gasteiger partial charge in [0.2, 0.25) is 5.95 Å². The highest BCUT2D eigenvalue weighted by atomic mass is 16.1. The summed E-state index contributed by atoms with van der Waals surface area (Å²) in [7, 11) is 0. The molecule has 6 nitrogen and oxygen atoms in total. The van der Waals surface area contributed by atoms with E-state index in [2.05, 4.69) is 25.5 Å². The van der Waals surface area contributed by atoms with Crippen molar-refractivity contribution >= 4 is 12.2 Å². The lowest BCUT2D eigenvalue weighted by Gasteiger charge is -2.01. The fourth-order valence-corrected chi connectivity index (χ4v) is 1.56. The lowest BCUT2D eigenvalue weighted by atomic mass is 10.2. The van der Waals surface area contributed by atoms with Gasteiger partial charge >= 0.3 is 0 Å². The number of hydrazone groups is 1. The average Bonchev–Trinajstić information content (AvgIpc) is 2.40. The fourth-order valence-electron chi connectivity index (χ4n) is 1.56. The van der Waals surface area contributed by atoms with E-state index in [0.717, 1.165) is 24.1 Å². The van der Waals surface area contributed by atoms with Crippen LogP contribution in [0, 0.1) is 0 Å². The second-order valence-electron chi connectivity index (χ2n) is 3.99. The first-order valence-corrected chi connectivity index (χ1v) is 6.07. The molecular formula is C13H15N5O. The first-order valence-electron chi connectivity index (χ1n) is 6.07.